The van der Waals surface area contributed by atoms with Crippen molar-refractivity contribution in [3.8, 4) is 0 Å². The molecule has 1 heterocycles. The fourth-order valence-corrected chi connectivity index (χ4v) is 2.08. The molecule has 0 spiro atoms. The summed E-state index contributed by atoms with van der Waals surface area (Å²) in [6.45, 7) is 1.96. The standard InChI is InChI=1S/C11H9ClN2OS/c1-7-2-3-8(9(12)4-7)5-11(15)10-6-13-16-14-10/h2-4,6H,5H2,1H3. The molecule has 1 aromatic carbocycles. The molecule has 5 heteroatoms. The van der Waals surface area contributed by atoms with Gasteiger partial charge in [-0.25, -0.2) is 0 Å². The van der Waals surface area contributed by atoms with Crippen molar-refractivity contribution in [1.29, 1.82) is 0 Å². The molecule has 2 rings (SSSR count). The van der Waals surface area contributed by atoms with E-state index >= 15 is 0 Å². The third kappa shape index (κ3) is 2.46. The molecular weight excluding hydrogens is 244 g/mol. The summed E-state index contributed by atoms with van der Waals surface area (Å²) in [5.74, 6) is -0.0560. The van der Waals surface area contributed by atoms with Gasteiger partial charge >= 0.3 is 0 Å². The fraction of sp³-hybridized carbons (Fsp3) is 0.182. The first-order valence-electron chi connectivity index (χ1n) is 4.72. The summed E-state index contributed by atoms with van der Waals surface area (Å²) in [4.78, 5) is 11.8. The lowest BCUT2D eigenvalue weighted by Crippen LogP contribution is -2.04. The second-order valence-corrected chi connectivity index (χ2v) is 4.45. The molecular formula is C11H9ClN2OS. The number of halogens is 1. The molecule has 16 heavy (non-hydrogen) atoms. The second kappa shape index (κ2) is 4.72. The van der Waals surface area contributed by atoms with Crippen molar-refractivity contribution in [2.24, 2.45) is 0 Å². The summed E-state index contributed by atoms with van der Waals surface area (Å²) in [6, 6.07) is 5.66. The molecule has 82 valence electrons. The maximum absolute atomic E-state index is 11.8. The van der Waals surface area contributed by atoms with Gasteiger partial charge in [-0.05, 0) is 24.1 Å². The first kappa shape index (κ1) is 11.2. The zero-order valence-corrected chi connectivity index (χ0v) is 10.2. The number of ketones is 1. The average molecular weight is 253 g/mol. The third-order valence-electron chi connectivity index (χ3n) is 2.21. The number of benzene rings is 1. The second-order valence-electron chi connectivity index (χ2n) is 3.49. The molecule has 0 saturated carbocycles. The Bertz CT molecular complexity index is 511. The van der Waals surface area contributed by atoms with Crippen molar-refractivity contribution < 1.29 is 4.79 Å². The lowest BCUT2D eigenvalue weighted by Gasteiger charge is -2.03. The van der Waals surface area contributed by atoms with Crippen molar-refractivity contribution in [2.45, 2.75) is 13.3 Å². The van der Waals surface area contributed by atoms with Crippen molar-refractivity contribution in [1.82, 2.24) is 8.75 Å². The van der Waals surface area contributed by atoms with E-state index < -0.39 is 0 Å². The van der Waals surface area contributed by atoms with Crippen LogP contribution >= 0.6 is 23.3 Å². The van der Waals surface area contributed by atoms with E-state index in [4.69, 9.17) is 11.6 Å². The van der Waals surface area contributed by atoms with Crippen LogP contribution in [0.15, 0.2) is 24.4 Å². The molecule has 0 fully saturated rings. The first-order chi connectivity index (χ1) is 7.66. The minimum atomic E-state index is -0.0560. The van der Waals surface area contributed by atoms with Crippen LogP contribution in [0.1, 0.15) is 21.6 Å². The molecule has 0 radical (unpaired) electrons. The van der Waals surface area contributed by atoms with Gasteiger partial charge in [0.15, 0.2) is 5.78 Å². The van der Waals surface area contributed by atoms with Gasteiger partial charge in [0.05, 0.1) is 17.9 Å². The van der Waals surface area contributed by atoms with Crippen LogP contribution in [-0.2, 0) is 6.42 Å². The molecule has 0 N–H and O–H groups in total. The van der Waals surface area contributed by atoms with Gasteiger partial charge in [0.2, 0.25) is 0 Å². The van der Waals surface area contributed by atoms with Gasteiger partial charge in [0, 0.05) is 11.4 Å². The average Bonchev–Trinajstić information content (AvgIpc) is 2.75. The van der Waals surface area contributed by atoms with Crippen LogP contribution in [0.4, 0.5) is 0 Å². The fourth-order valence-electron chi connectivity index (χ4n) is 1.35. The molecule has 0 aliphatic rings. The Morgan fingerprint density at radius 2 is 2.31 bits per heavy atom. The molecule has 3 nitrogen and oxygen atoms in total. The van der Waals surface area contributed by atoms with Gasteiger partial charge in [0.1, 0.15) is 5.69 Å². The number of rotatable bonds is 3. The van der Waals surface area contributed by atoms with Crippen molar-refractivity contribution in [3.63, 3.8) is 0 Å². The Labute approximate surface area is 102 Å². The number of hydrogen-bond acceptors (Lipinski definition) is 4. The van der Waals surface area contributed by atoms with Gasteiger partial charge in [-0.1, -0.05) is 23.7 Å². The Kier molecular flexibility index (Phi) is 3.31. The zero-order chi connectivity index (χ0) is 11.5. The van der Waals surface area contributed by atoms with Crippen LogP contribution in [0.2, 0.25) is 5.02 Å². The summed E-state index contributed by atoms with van der Waals surface area (Å²) in [5.41, 5.74) is 2.31. The predicted octanol–water partition coefficient (Wildman–Crippen LogP) is 2.93. The van der Waals surface area contributed by atoms with E-state index in [0.29, 0.717) is 10.7 Å². The van der Waals surface area contributed by atoms with Crippen LogP contribution in [0.3, 0.4) is 0 Å². The smallest absolute Gasteiger partial charge is 0.188 e. The summed E-state index contributed by atoms with van der Waals surface area (Å²) in [5, 5.41) is 0.622. The van der Waals surface area contributed by atoms with Gasteiger partial charge in [-0.2, -0.15) is 8.75 Å². The molecule has 0 saturated heterocycles. The number of carbonyl (C=O) groups excluding carboxylic acids is 1. The van der Waals surface area contributed by atoms with Gasteiger partial charge in [0.25, 0.3) is 0 Å². The maximum Gasteiger partial charge on any atom is 0.188 e. The van der Waals surface area contributed by atoms with Crippen LogP contribution in [0, 0.1) is 6.92 Å². The Morgan fingerprint density at radius 1 is 1.50 bits per heavy atom. The number of hydrogen-bond donors (Lipinski definition) is 0. The van der Waals surface area contributed by atoms with Crippen molar-refractivity contribution in [3.05, 3.63) is 46.2 Å². The summed E-state index contributed by atoms with van der Waals surface area (Å²) in [7, 11) is 0. The molecule has 0 unspecified atom stereocenters. The highest BCUT2D eigenvalue weighted by atomic mass is 35.5. The summed E-state index contributed by atoms with van der Waals surface area (Å²) < 4.78 is 7.70. The lowest BCUT2D eigenvalue weighted by molar-refractivity contribution is 0.0989. The minimum Gasteiger partial charge on any atom is -0.292 e. The first-order valence-corrected chi connectivity index (χ1v) is 5.83. The summed E-state index contributed by atoms with van der Waals surface area (Å²) >= 11 is 7.08. The molecule has 0 bridgehead atoms. The Balaban J connectivity index is 2.18. The van der Waals surface area contributed by atoms with Crippen LogP contribution in [0.25, 0.3) is 0 Å². The molecule has 2 aromatic rings. The van der Waals surface area contributed by atoms with E-state index in [1.54, 1.807) is 0 Å². The third-order valence-corrected chi connectivity index (χ3v) is 3.04. The topological polar surface area (TPSA) is 42.9 Å². The minimum absolute atomic E-state index is 0.0560. The number of Topliss-reactive ketones (excluding diaryl/α,β-unsaturated/α-hetero) is 1. The molecule has 0 aliphatic heterocycles. The highest BCUT2D eigenvalue weighted by Gasteiger charge is 2.11. The van der Waals surface area contributed by atoms with Crippen molar-refractivity contribution in [2.75, 3.05) is 0 Å². The quantitative estimate of drug-likeness (QED) is 0.789. The SMILES string of the molecule is Cc1ccc(CC(=O)c2cnsn2)c(Cl)c1. The lowest BCUT2D eigenvalue weighted by atomic mass is 10.1. The van der Waals surface area contributed by atoms with Crippen LogP contribution in [0.5, 0.6) is 0 Å². The highest BCUT2D eigenvalue weighted by Crippen LogP contribution is 2.19. The molecule has 0 amide bonds. The van der Waals surface area contributed by atoms with E-state index in [-0.39, 0.29) is 12.2 Å². The van der Waals surface area contributed by atoms with E-state index in [1.165, 1.54) is 6.20 Å². The molecule has 1 aromatic heterocycles. The predicted molar refractivity (Wildman–Crippen MR) is 64.1 cm³/mol. The highest BCUT2D eigenvalue weighted by molar-refractivity contribution is 6.99. The van der Waals surface area contributed by atoms with Gasteiger partial charge in [-0.3, -0.25) is 4.79 Å². The maximum atomic E-state index is 11.8. The van der Waals surface area contributed by atoms with Crippen molar-refractivity contribution >= 4 is 29.1 Å². The zero-order valence-electron chi connectivity index (χ0n) is 8.61. The number of aryl methyl sites for hydroxylation is 1. The Hall–Kier alpha value is -1.26. The normalized spacial score (nSPS) is 10.4. The van der Waals surface area contributed by atoms with E-state index in [2.05, 4.69) is 8.75 Å². The van der Waals surface area contributed by atoms with E-state index in [1.807, 2.05) is 25.1 Å². The largest absolute Gasteiger partial charge is 0.292 e. The van der Waals surface area contributed by atoms with Crippen LogP contribution in [-0.4, -0.2) is 14.5 Å². The number of nitrogens with zero attached hydrogens (tertiary/aromatic N) is 2. The van der Waals surface area contributed by atoms with Crippen LogP contribution < -0.4 is 0 Å². The van der Waals surface area contributed by atoms with Gasteiger partial charge < -0.3 is 0 Å². The number of aromatic nitrogens is 2. The summed E-state index contributed by atoms with van der Waals surface area (Å²) in [6.07, 6.45) is 1.75. The molecule has 0 aliphatic carbocycles. The van der Waals surface area contributed by atoms with E-state index in [0.717, 1.165) is 22.9 Å². The Morgan fingerprint density at radius 3 is 2.94 bits per heavy atom. The number of carbonyl (C=O) groups is 1. The van der Waals surface area contributed by atoms with E-state index in [9.17, 15) is 4.79 Å². The van der Waals surface area contributed by atoms with Gasteiger partial charge in [-0.15, -0.1) is 0 Å². The monoisotopic (exact) mass is 252 g/mol. The molecule has 0 atom stereocenters.